The normalized spacial score (nSPS) is 42.0. The molecule has 1 aliphatic carbocycles. The highest BCUT2D eigenvalue weighted by Crippen LogP contribution is 2.51. The smallest absolute Gasteiger partial charge is 0.0815 e. The van der Waals surface area contributed by atoms with Crippen molar-refractivity contribution in [2.45, 2.75) is 56.8 Å². The molecule has 1 saturated carbocycles. The molecular formula is C14H22O3. The van der Waals surface area contributed by atoms with Gasteiger partial charge in [-0.3, -0.25) is 0 Å². The van der Waals surface area contributed by atoms with E-state index in [-0.39, 0.29) is 0 Å². The first kappa shape index (κ1) is 10.8. The molecule has 3 aliphatic heterocycles. The van der Waals surface area contributed by atoms with Crippen LogP contribution in [0.3, 0.4) is 0 Å². The van der Waals surface area contributed by atoms with Crippen molar-refractivity contribution in [3.05, 3.63) is 0 Å². The highest BCUT2D eigenvalue weighted by atomic mass is 16.6. The zero-order valence-electron chi connectivity index (χ0n) is 10.4. The summed E-state index contributed by atoms with van der Waals surface area (Å²) in [5, 5.41) is 0. The van der Waals surface area contributed by atoms with Gasteiger partial charge in [0.2, 0.25) is 0 Å². The fraction of sp³-hybridized carbons (Fsp3) is 1.00. The molecule has 0 aromatic heterocycles. The molecule has 0 aromatic carbocycles. The molecule has 0 bridgehead atoms. The van der Waals surface area contributed by atoms with E-state index in [1.165, 1.54) is 38.5 Å². The van der Waals surface area contributed by atoms with Crippen LogP contribution in [0.1, 0.15) is 38.5 Å². The van der Waals surface area contributed by atoms with Crippen LogP contribution in [-0.2, 0) is 14.2 Å². The van der Waals surface area contributed by atoms with Crippen molar-refractivity contribution >= 4 is 0 Å². The van der Waals surface area contributed by atoms with Crippen LogP contribution in [0.2, 0.25) is 0 Å². The molecule has 0 radical (unpaired) electrons. The maximum Gasteiger partial charge on any atom is 0.0815 e. The van der Waals surface area contributed by atoms with Crippen molar-refractivity contribution in [3.8, 4) is 0 Å². The minimum atomic E-state index is 0.463. The Kier molecular flexibility index (Phi) is 2.50. The molecule has 3 heteroatoms. The summed E-state index contributed by atoms with van der Waals surface area (Å²) < 4.78 is 16.5. The van der Waals surface area contributed by atoms with E-state index in [1.54, 1.807) is 0 Å². The minimum absolute atomic E-state index is 0.463. The van der Waals surface area contributed by atoms with E-state index in [9.17, 15) is 0 Å². The van der Waals surface area contributed by atoms with Gasteiger partial charge >= 0.3 is 0 Å². The first-order chi connectivity index (χ1) is 8.31. The van der Waals surface area contributed by atoms with Gasteiger partial charge in [-0.05, 0) is 37.0 Å². The molecule has 17 heavy (non-hydrogen) atoms. The molecule has 4 fully saturated rings. The Balaban J connectivity index is 1.46. The van der Waals surface area contributed by atoms with Gasteiger partial charge in [-0.2, -0.15) is 0 Å². The Morgan fingerprint density at radius 1 is 0.706 bits per heavy atom. The second kappa shape index (κ2) is 3.94. The maximum atomic E-state index is 5.49. The topological polar surface area (TPSA) is 37.6 Å². The zero-order chi connectivity index (χ0) is 11.3. The lowest BCUT2D eigenvalue weighted by Gasteiger charge is -2.33. The summed E-state index contributed by atoms with van der Waals surface area (Å²) in [4.78, 5) is 0. The molecule has 3 nitrogen and oxygen atoms in total. The summed E-state index contributed by atoms with van der Waals surface area (Å²) in [6.45, 7) is 2.97. The summed E-state index contributed by atoms with van der Waals surface area (Å²) in [5.41, 5.74) is 0.463. The van der Waals surface area contributed by atoms with Crippen LogP contribution in [0, 0.1) is 11.3 Å². The quantitative estimate of drug-likeness (QED) is 0.608. The third-order valence-corrected chi connectivity index (χ3v) is 4.61. The van der Waals surface area contributed by atoms with Gasteiger partial charge in [0.15, 0.2) is 0 Å². The van der Waals surface area contributed by atoms with Crippen LogP contribution in [0.25, 0.3) is 0 Å². The lowest BCUT2D eigenvalue weighted by atomic mass is 9.71. The lowest BCUT2D eigenvalue weighted by molar-refractivity contribution is 0.134. The van der Waals surface area contributed by atoms with Gasteiger partial charge in [-0.1, -0.05) is 12.8 Å². The molecule has 0 spiro atoms. The molecule has 3 unspecified atom stereocenters. The highest BCUT2D eigenvalue weighted by molar-refractivity contribution is 4.97. The fourth-order valence-corrected chi connectivity index (χ4v) is 3.44. The Labute approximate surface area is 103 Å². The number of hydrogen-bond acceptors (Lipinski definition) is 3. The van der Waals surface area contributed by atoms with Crippen LogP contribution >= 0.6 is 0 Å². The molecule has 3 atom stereocenters. The van der Waals surface area contributed by atoms with E-state index in [4.69, 9.17) is 14.2 Å². The summed E-state index contributed by atoms with van der Waals surface area (Å²) in [7, 11) is 0. The molecule has 3 saturated heterocycles. The van der Waals surface area contributed by atoms with E-state index < -0.39 is 0 Å². The Bertz CT molecular complexity index is 226. The molecule has 0 aromatic rings. The number of epoxide rings is 3. The summed E-state index contributed by atoms with van der Waals surface area (Å²) >= 11 is 0. The third-order valence-electron chi connectivity index (χ3n) is 4.61. The summed E-state index contributed by atoms with van der Waals surface area (Å²) in [6, 6.07) is 0. The van der Waals surface area contributed by atoms with Crippen LogP contribution < -0.4 is 0 Å². The largest absolute Gasteiger partial charge is 0.373 e. The van der Waals surface area contributed by atoms with E-state index >= 15 is 0 Å². The Morgan fingerprint density at radius 3 is 1.41 bits per heavy atom. The van der Waals surface area contributed by atoms with Gasteiger partial charge in [-0.15, -0.1) is 0 Å². The van der Waals surface area contributed by atoms with Gasteiger partial charge in [0, 0.05) is 0 Å². The fourth-order valence-electron chi connectivity index (χ4n) is 3.44. The van der Waals surface area contributed by atoms with E-state index in [2.05, 4.69) is 0 Å². The predicted molar refractivity (Wildman–Crippen MR) is 62.8 cm³/mol. The lowest BCUT2D eigenvalue weighted by Crippen LogP contribution is -2.28. The molecule has 96 valence electrons. The Morgan fingerprint density at radius 2 is 1.12 bits per heavy atom. The highest BCUT2D eigenvalue weighted by Gasteiger charge is 2.47. The van der Waals surface area contributed by atoms with E-state index in [1.807, 2.05) is 0 Å². The summed E-state index contributed by atoms with van der Waals surface area (Å²) in [6.07, 6.45) is 9.69. The van der Waals surface area contributed by atoms with Gasteiger partial charge in [0.25, 0.3) is 0 Å². The third kappa shape index (κ3) is 3.01. The predicted octanol–water partition coefficient (Wildman–Crippen LogP) is 2.14. The van der Waals surface area contributed by atoms with Crippen molar-refractivity contribution in [3.63, 3.8) is 0 Å². The first-order valence-corrected chi connectivity index (χ1v) is 7.16. The molecule has 3 heterocycles. The van der Waals surface area contributed by atoms with Gasteiger partial charge < -0.3 is 14.2 Å². The minimum Gasteiger partial charge on any atom is -0.373 e. The number of ether oxygens (including phenoxy) is 3. The van der Waals surface area contributed by atoms with Crippen molar-refractivity contribution < 1.29 is 14.2 Å². The zero-order valence-corrected chi connectivity index (χ0v) is 10.4. The van der Waals surface area contributed by atoms with Gasteiger partial charge in [0.05, 0.1) is 38.1 Å². The SMILES string of the molecule is C1CC1CC(CC1CO1)(CC1CO1)CC1CO1. The van der Waals surface area contributed by atoms with Gasteiger partial charge in [0.1, 0.15) is 0 Å². The molecule has 4 rings (SSSR count). The first-order valence-electron chi connectivity index (χ1n) is 7.16. The van der Waals surface area contributed by atoms with Crippen molar-refractivity contribution in [2.24, 2.45) is 11.3 Å². The summed E-state index contributed by atoms with van der Waals surface area (Å²) in [5.74, 6) is 0.992. The molecule has 0 amide bonds. The van der Waals surface area contributed by atoms with Crippen LogP contribution in [0.5, 0.6) is 0 Å². The number of hydrogen-bond donors (Lipinski definition) is 0. The van der Waals surface area contributed by atoms with E-state index in [0.29, 0.717) is 23.7 Å². The van der Waals surface area contributed by atoms with Crippen molar-refractivity contribution in [1.29, 1.82) is 0 Å². The molecular weight excluding hydrogens is 216 g/mol. The second-order valence-electron chi connectivity index (χ2n) is 6.63. The Hall–Kier alpha value is -0.120. The van der Waals surface area contributed by atoms with E-state index in [0.717, 1.165) is 25.7 Å². The van der Waals surface area contributed by atoms with Crippen LogP contribution in [0.4, 0.5) is 0 Å². The molecule has 4 aliphatic rings. The van der Waals surface area contributed by atoms with Crippen LogP contribution in [-0.4, -0.2) is 38.1 Å². The van der Waals surface area contributed by atoms with Crippen molar-refractivity contribution in [1.82, 2.24) is 0 Å². The van der Waals surface area contributed by atoms with Gasteiger partial charge in [-0.25, -0.2) is 0 Å². The average Bonchev–Trinajstić information content (AvgIpc) is 3.12. The maximum absolute atomic E-state index is 5.49. The second-order valence-corrected chi connectivity index (χ2v) is 6.63. The molecule has 0 N–H and O–H groups in total. The monoisotopic (exact) mass is 238 g/mol. The van der Waals surface area contributed by atoms with Crippen molar-refractivity contribution in [2.75, 3.05) is 19.8 Å². The standard InChI is InChI=1S/C14H22O3/c1-2-10(1)3-14(4-11-7-15-11,5-12-8-16-12)6-13-9-17-13/h10-13H,1-9H2. The average molecular weight is 238 g/mol. The van der Waals surface area contributed by atoms with Crippen LogP contribution in [0.15, 0.2) is 0 Å². The number of rotatable bonds is 8.